The molecular weight excluding hydrogens is 286 g/mol. The van der Waals surface area contributed by atoms with Crippen LogP contribution in [0.4, 0.5) is 5.00 Å². The average molecular weight is 299 g/mol. The van der Waals surface area contributed by atoms with Gasteiger partial charge in [0, 0.05) is 6.54 Å². The summed E-state index contributed by atoms with van der Waals surface area (Å²) in [4.78, 5) is 12.1. The first kappa shape index (κ1) is 14.0. The number of carbonyl (C=O) groups is 1. The van der Waals surface area contributed by atoms with Crippen molar-refractivity contribution in [2.45, 2.75) is 18.9 Å². The van der Waals surface area contributed by atoms with E-state index in [0.29, 0.717) is 30.0 Å². The van der Waals surface area contributed by atoms with Crippen molar-refractivity contribution in [2.24, 2.45) is 0 Å². The van der Waals surface area contributed by atoms with E-state index in [1.54, 1.807) is 11.4 Å². The van der Waals surface area contributed by atoms with Crippen LogP contribution >= 0.6 is 11.3 Å². The molecule has 1 N–H and O–H groups in total. The van der Waals surface area contributed by atoms with Gasteiger partial charge in [0.25, 0.3) is 0 Å². The Bertz CT molecular complexity index is 630. The summed E-state index contributed by atoms with van der Waals surface area (Å²) in [5.41, 5.74) is 0.391. The molecule has 0 bridgehead atoms. The Morgan fingerprint density at radius 1 is 1.63 bits per heavy atom. The van der Waals surface area contributed by atoms with Gasteiger partial charge in [0.1, 0.15) is 17.1 Å². The van der Waals surface area contributed by atoms with E-state index in [0.717, 1.165) is 6.26 Å². The SMILES string of the molecule is CS(=O)(=O)N1CCC[C@H]1C(=O)Nc1sccc1C#N. The van der Waals surface area contributed by atoms with E-state index in [2.05, 4.69) is 5.32 Å². The minimum atomic E-state index is -3.38. The Kier molecular flexibility index (Phi) is 3.89. The van der Waals surface area contributed by atoms with E-state index in [1.807, 2.05) is 6.07 Å². The van der Waals surface area contributed by atoms with Gasteiger partial charge in [-0.3, -0.25) is 4.79 Å². The molecule has 0 spiro atoms. The summed E-state index contributed by atoms with van der Waals surface area (Å²) in [5.74, 6) is -0.373. The number of nitrogens with zero attached hydrogens (tertiary/aromatic N) is 2. The number of amides is 1. The smallest absolute Gasteiger partial charge is 0.243 e. The van der Waals surface area contributed by atoms with Gasteiger partial charge < -0.3 is 5.32 Å². The quantitative estimate of drug-likeness (QED) is 0.901. The summed E-state index contributed by atoms with van der Waals surface area (Å²) in [7, 11) is -3.38. The zero-order chi connectivity index (χ0) is 14.0. The number of sulfonamides is 1. The van der Waals surface area contributed by atoms with Crippen molar-refractivity contribution >= 4 is 32.3 Å². The zero-order valence-corrected chi connectivity index (χ0v) is 11.9. The molecule has 6 nitrogen and oxygen atoms in total. The van der Waals surface area contributed by atoms with Crippen molar-refractivity contribution in [1.82, 2.24) is 4.31 Å². The lowest BCUT2D eigenvalue weighted by molar-refractivity contribution is -0.119. The van der Waals surface area contributed by atoms with Gasteiger partial charge in [-0.2, -0.15) is 9.57 Å². The second-order valence-electron chi connectivity index (χ2n) is 4.30. The highest BCUT2D eigenvalue weighted by Gasteiger charge is 2.36. The zero-order valence-electron chi connectivity index (χ0n) is 10.3. The molecule has 1 amide bonds. The van der Waals surface area contributed by atoms with E-state index in [1.165, 1.54) is 15.6 Å². The summed E-state index contributed by atoms with van der Waals surface area (Å²) in [5, 5.41) is 13.7. The summed E-state index contributed by atoms with van der Waals surface area (Å²) < 4.78 is 24.4. The minimum absolute atomic E-state index is 0.368. The number of hydrogen-bond donors (Lipinski definition) is 1. The average Bonchev–Trinajstić information content (AvgIpc) is 2.95. The Labute approximate surface area is 115 Å². The number of rotatable bonds is 3. The van der Waals surface area contributed by atoms with Crippen LogP contribution in [0.1, 0.15) is 18.4 Å². The second kappa shape index (κ2) is 5.28. The first-order valence-electron chi connectivity index (χ1n) is 5.69. The molecule has 0 aliphatic carbocycles. The molecule has 1 atom stereocenters. The van der Waals surface area contributed by atoms with Gasteiger partial charge in [0.05, 0.1) is 11.8 Å². The number of hydrogen-bond acceptors (Lipinski definition) is 5. The highest BCUT2D eigenvalue weighted by molar-refractivity contribution is 7.88. The monoisotopic (exact) mass is 299 g/mol. The summed E-state index contributed by atoms with van der Waals surface area (Å²) in [6, 6.07) is 2.91. The predicted molar refractivity (Wildman–Crippen MR) is 72.2 cm³/mol. The van der Waals surface area contributed by atoms with Gasteiger partial charge in [-0.25, -0.2) is 8.42 Å². The Morgan fingerprint density at radius 3 is 3.00 bits per heavy atom. The maximum absolute atomic E-state index is 12.1. The van der Waals surface area contributed by atoms with Crippen LogP contribution in [0, 0.1) is 11.3 Å². The third kappa shape index (κ3) is 2.94. The number of anilines is 1. The molecule has 2 heterocycles. The van der Waals surface area contributed by atoms with Gasteiger partial charge in [0.2, 0.25) is 15.9 Å². The minimum Gasteiger partial charge on any atom is -0.315 e. The summed E-state index contributed by atoms with van der Waals surface area (Å²) >= 11 is 1.25. The molecule has 1 fully saturated rings. The Morgan fingerprint density at radius 2 is 2.37 bits per heavy atom. The number of thiophene rings is 1. The standard InChI is InChI=1S/C11H13N3O3S2/c1-19(16,17)14-5-2-3-9(14)10(15)13-11-8(7-12)4-6-18-11/h4,6,9H,2-3,5H2,1H3,(H,13,15)/t9-/m0/s1. The molecule has 0 aromatic carbocycles. The van der Waals surface area contributed by atoms with Crippen molar-refractivity contribution in [3.8, 4) is 6.07 Å². The lowest BCUT2D eigenvalue weighted by Crippen LogP contribution is -2.42. The number of nitriles is 1. The molecule has 19 heavy (non-hydrogen) atoms. The van der Waals surface area contributed by atoms with E-state index >= 15 is 0 Å². The molecule has 0 radical (unpaired) electrons. The van der Waals surface area contributed by atoms with Crippen molar-refractivity contribution in [1.29, 1.82) is 5.26 Å². The van der Waals surface area contributed by atoms with Crippen LogP contribution in [0.3, 0.4) is 0 Å². The summed E-state index contributed by atoms with van der Waals surface area (Å²) in [6.45, 7) is 0.368. The third-order valence-electron chi connectivity index (χ3n) is 2.95. The van der Waals surface area contributed by atoms with Crippen molar-refractivity contribution in [3.63, 3.8) is 0 Å². The predicted octanol–water partition coefficient (Wildman–Crippen LogP) is 0.982. The molecule has 8 heteroatoms. The molecule has 102 valence electrons. The number of nitrogens with one attached hydrogen (secondary N) is 1. The topological polar surface area (TPSA) is 90.3 Å². The fourth-order valence-electron chi connectivity index (χ4n) is 2.09. The fourth-order valence-corrected chi connectivity index (χ4v) is 3.95. The second-order valence-corrected chi connectivity index (χ2v) is 7.15. The van der Waals surface area contributed by atoms with Crippen LogP contribution in [0.15, 0.2) is 11.4 Å². The molecule has 0 unspecified atom stereocenters. The van der Waals surface area contributed by atoms with Crippen LogP contribution < -0.4 is 5.32 Å². The lowest BCUT2D eigenvalue weighted by atomic mass is 10.2. The van der Waals surface area contributed by atoms with Gasteiger partial charge in [-0.05, 0) is 24.3 Å². The third-order valence-corrected chi connectivity index (χ3v) is 5.07. The van der Waals surface area contributed by atoms with Crippen LogP contribution in [0.5, 0.6) is 0 Å². The van der Waals surface area contributed by atoms with Gasteiger partial charge in [-0.1, -0.05) is 0 Å². The maximum atomic E-state index is 12.1. The van der Waals surface area contributed by atoms with E-state index in [4.69, 9.17) is 5.26 Å². The van der Waals surface area contributed by atoms with Gasteiger partial charge in [-0.15, -0.1) is 11.3 Å². The van der Waals surface area contributed by atoms with E-state index < -0.39 is 16.1 Å². The highest BCUT2D eigenvalue weighted by Crippen LogP contribution is 2.25. The Hall–Kier alpha value is -1.43. The van der Waals surface area contributed by atoms with Crippen LogP contribution in [-0.2, 0) is 14.8 Å². The molecule has 1 aliphatic rings. The van der Waals surface area contributed by atoms with Crippen LogP contribution in [0.25, 0.3) is 0 Å². The molecule has 2 rings (SSSR count). The first-order chi connectivity index (χ1) is 8.93. The molecule has 1 aliphatic heterocycles. The highest BCUT2D eigenvalue weighted by atomic mass is 32.2. The van der Waals surface area contributed by atoms with Crippen molar-refractivity contribution in [2.75, 3.05) is 18.1 Å². The largest absolute Gasteiger partial charge is 0.315 e. The molecular formula is C11H13N3O3S2. The van der Waals surface area contributed by atoms with Crippen molar-refractivity contribution in [3.05, 3.63) is 17.0 Å². The van der Waals surface area contributed by atoms with Gasteiger partial charge in [0.15, 0.2) is 0 Å². The molecule has 1 saturated heterocycles. The van der Waals surface area contributed by atoms with Gasteiger partial charge >= 0.3 is 0 Å². The Balaban J connectivity index is 2.15. The van der Waals surface area contributed by atoms with Crippen LogP contribution in [0.2, 0.25) is 0 Å². The number of carbonyl (C=O) groups excluding carboxylic acids is 1. The van der Waals surface area contributed by atoms with E-state index in [9.17, 15) is 13.2 Å². The molecule has 1 aromatic heterocycles. The maximum Gasteiger partial charge on any atom is 0.243 e. The lowest BCUT2D eigenvalue weighted by Gasteiger charge is -2.20. The first-order valence-corrected chi connectivity index (χ1v) is 8.41. The summed E-state index contributed by atoms with van der Waals surface area (Å²) in [6.07, 6.45) is 2.28. The van der Waals surface area contributed by atoms with E-state index in [-0.39, 0.29) is 5.91 Å². The van der Waals surface area contributed by atoms with Crippen molar-refractivity contribution < 1.29 is 13.2 Å². The van der Waals surface area contributed by atoms with Crippen LogP contribution in [-0.4, -0.2) is 37.5 Å². The fraction of sp³-hybridized carbons (Fsp3) is 0.455. The normalized spacial score (nSPS) is 20.1. The molecule has 1 aromatic rings. The molecule has 0 saturated carbocycles.